The van der Waals surface area contributed by atoms with Crippen molar-refractivity contribution in [1.29, 1.82) is 0 Å². The summed E-state index contributed by atoms with van der Waals surface area (Å²) in [6, 6.07) is 26.9. The summed E-state index contributed by atoms with van der Waals surface area (Å²) in [6.45, 7) is 4.25. The first-order valence-corrected chi connectivity index (χ1v) is 15.0. The van der Waals surface area contributed by atoms with Crippen molar-refractivity contribution >= 4 is 16.8 Å². The van der Waals surface area contributed by atoms with Crippen molar-refractivity contribution in [3.8, 4) is 0 Å². The fourth-order valence-electron chi connectivity index (χ4n) is 5.78. The van der Waals surface area contributed by atoms with Crippen LogP contribution in [-0.4, -0.2) is 44.9 Å². The van der Waals surface area contributed by atoms with Gasteiger partial charge in [0, 0.05) is 36.6 Å². The number of hydrogen-bond donors (Lipinski definition) is 4. The molecule has 0 unspecified atom stereocenters. The minimum atomic E-state index is -0.346. The Kier molecular flexibility index (Phi) is 8.72. The number of aryl methyl sites for hydroxylation is 3. The van der Waals surface area contributed by atoms with Gasteiger partial charge in [0.2, 0.25) is 5.91 Å². The Morgan fingerprint density at radius 1 is 0.952 bits per heavy atom. The molecule has 8 nitrogen and oxygen atoms in total. The first-order valence-electron chi connectivity index (χ1n) is 15.0. The zero-order valence-electron chi connectivity index (χ0n) is 24.1. The Hall–Kier alpha value is -4.27. The van der Waals surface area contributed by atoms with Gasteiger partial charge < -0.3 is 20.2 Å². The summed E-state index contributed by atoms with van der Waals surface area (Å²) in [4.78, 5) is 17.0. The van der Waals surface area contributed by atoms with Crippen molar-refractivity contribution in [3.05, 3.63) is 119 Å². The number of H-pyrrole nitrogens is 1. The third-order valence-corrected chi connectivity index (χ3v) is 8.23. The van der Waals surface area contributed by atoms with Gasteiger partial charge in [-0.15, -0.1) is 10.2 Å². The summed E-state index contributed by atoms with van der Waals surface area (Å²) in [5, 5.41) is 20.6. The average Bonchev–Trinajstić information content (AvgIpc) is 3.64. The maximum Gasteiger partial charge on any atom is 0.237 e. The van der Waals surface area contributed by atoms with Crippen molar-refractivity contribution in [2.24, 2.45) is 0 Å². The maximum absolute atomic E-state index is 13.6. The molecular weight excluding hydrogens is 522 g/mol. The zero-order valence-corrected chi connectivity index (χ0v) is 24.1. The van der Waals surface area contributed by atoms with Crippen molar-refractivity contribution in [1.82, 2.24) is 35.7 Å². The fraction of sp³-hybridized carbons (Fsp3) is 0.324. The van der Waals surface area contributed by atoms with Gasteiger partial charge in [-0.05, 0) is 54.1 Å². The van der Waals surface area contributed by atoms with E-state index >= 15 is 0 Å². The summed E-state index contributed by atoms with van der Waals surface area (Å²) < 4.78 is 2.22. The number of aromatic amines is 1. The molecule has 0 radical (unpaired) electrons. The van der Waals surface area contributed by atoms with Crippen molar-refractivity contribution in [3.63, 3.8) is 0 Å². The molecule has 2 atom stereocenters. The van der Waals surface area contributed by atoms with Crippen LogP contribution in [0.5, 0.6) is 0 Å². The Morgan fingerprint density at radius 3 is 2.52 bits per heavy atom. The lowest BCUT2D eigenvalue weighted by atomic mass is 10.0. The van der Waals surface area contributed by atoms with Gasteiger partial charge in [0.15, 0.2) is 5.82 Å². The van der Waals surface area contributed by atoms with Crippen LogP contribution in [0.25, 0.3) is 10.9 Å². The van der Waals surface area contributed by atoms with E-state index in [2.05, 4.69) is 99.2 Å². The highest BCUT2D eigenvalue weighted by atomic mass is 16.2. The van der Waals surface area contributed by atoms with Crippen molar-refractivity contribution in [2.75, 3.05) is 13.2 Å². The molecule has 0 saturated carbocycles. The van der Waals surface area contributed by atoms with E-state index in [0.717, 1.165) is 60.3 Å². The lowest BCUT2D eigenvalue weighted by Gasteiger charge is -2.26. The van der Waals surface area contributed by atoms with E-state index in [-0.39, 0.29) is 18.0 Å². The lowest BCUT2D eigenvalue weighted by Crippen LogP contribution is -2.53. The predicted molar refractivity (Wildman–Crippen MR) is 166 cm³/mol. The van der Waals surface area contributed by atoms with Gasteiger partial charge in [0.25, 0.3) is 0 Å². The molecular formula is C34H39N7O. The summed E-state index contributed by atoms with van der Waals surface area (Å²) in [6.07, 6.45) is 6.02. The highest BCUT2D eigenvalue weighted by molar-refractivity contribution is 5.84. The Bertz CT molecular complexity index is 1600. The average molecular weight is 562 g/mol. The summed E-state index contributed by atoms with van der Waals surface area (Å²) in [5.74, 6) is 1.70. The first kappa shape index (κ1) is 27.9. The lowest BCUT2D eigenvalue weighted by molar-refractivity contribution is -0.124. The molecule has 1 fully saturated rings. The molecule has 1 aliphatic rings. The monoisotopic (exact) mass is 561 g/mol. The van der Waals surface area contributed by atoms with Gasteiger partial charge in [-0.3, -0.25) is 10.1 Å². The standard InChI is InChI=1S/C34H39N7O/c1-2-24-12-14-26(15-13-24)22-41-32(17-16-25-8-4-3-5-9-25)39-40-33(41)31(38-34(42)30-18-19-35-23-37-30)20-27-21-36-29-11-7-6-10-28(27)29/h3-15,21,30-31,35-37H,2,16-20,22-23H2,1H3,(H,38,42)/t30-,31-/m1/s1. The normalized spacial score (nSPS) is 16.0. The zero-order chi connectivity index (χ0) is 28.7. The van der Waals surface area contributed by atoms with Gasteiger partial charge in [-0.25, -0.2) is 0 Å². The van der Waals surface area contributed by atoms with Gasteiger partial charge >= 0.3 is 0 Å². The molecule has 4 N–H and O–H groups in total. The maximum atomic E-state index is 13.6. The number of aromatic nitrogens is 4. The molecule has 1 saturated heterocycles. The highest BCUT2D eigenvalue weighted by Crippen LogP contribution is 2.26. The molecule has 216 valence electrons. The van der Waals surface area contributed by atoms with Crippen LogP contribution in [0, 0.1) is 0 Å². The quantitative estimate of drug-likeness (QED) is 0.191. The number of para-hydroxylation sites is 1. The van der Waals surface area contributed by atoms with Gasteiger partial charge in [-0.1, -0.05) is 79.7 Å². The third-order valence-electron chi connectivity index (χ3n) is 8.23. The van der Waals surface area contributed by atoms with Crippen LogP contribution in [0.2, 0.25) is 0 Å². The number of rotatable bonds is 11. The number of nitrogens with zero attached hydrogens (tertiary/aromatic N) is 3. The number of carbonyl (C=O) groups excluding carboxylic acids is 1. The minimum absolute atomic E-state index is 0.00553. The molecule has 42 heavy (non-hydrogen) atoms. The number of hydrogen-bond acceptors (Lipinski definition) is 5. The first-order chi connectivity index (χ1) is 20.7. The number of fused-ring (bicyclic) bond motifs is 1. The van der Waals surface area contributed by atoms with Crippen LogP contribution in [0.1, 0.15) is 53.3 Å². The Labute approximate surface area is 247 Å². The summed E-state index contributed by atoms with van der Waals surface area (Å²) >= 11 is 0. The number of amides is 1. The van der Waals surface area contributed by atoms with E-state index in [1.807, 2.05) is 18.3 Å². The molecule has 0 aliphatic carbocycles. The van der Waals surface area contributed by atoms with Crippen LogP contribution in [-0.2, 0) is 37.0 Å². The molecule has 2 aromatic heterocycles. The molecule has 0 spiro atoms. The SMILES string of the molecule is CCc1ccc(Cn2c(CCc3ccccc3)nnc2[C@@H](Cc2c[nH]c3ccccc23)NC(=O)[C@H]2CCNCN2)cc1. The number of benzene rings is 3. The third kappa shape index (κ3) is 6.45. The molecule has 5 aromatic rings. The van der Waals surface area contributed by atoms with E-state index in [1.165, 1.54) is 16.7 Å². The van der Waals surface area contributed by atoms with E-state index in [4.69, 9.17) is 10.2 Å². The molecule has 8 heteroatoms. The second-order valence-corrected chi connectivity index (χ2v) is 11.1. The Morgan fingerprint density at radius 2 is 1.74 bits per heavy atom. The van der Waals surface area contributed by atoms with Gasteiger partial charge in [0.1, 0.15) is 5.82 Å². The van der Waals surface area contributed by atoms with Crippen molar-refractivity contribution in [2.45, 2.75) is 57.7 Å². The second-order valence-electron chi connectivity index (χ2n) is 11.1. The second kappa shape index (κ2) is 13.1. The summed E-state index contributed by atoms with van der Waals surface area (Å²) in [5.41, 5.74) is 5.99. The molecule has 3 aromatic carbocycles. The molecule has 1 aliphatic heterocycles. The highest BCUT2D eigenvalue weighted by Gasteiger charge is 2.28. The topological polar surface area (TPSA) is 99.7 Å². The largest absolute Gasteiger partial charge is 0.361 e. The predicted octanol–water partition coefficient (Wildman–Crippen LogP) is 4.46. The molecule has 1 amide bonds. The van der Waals surface area contributed by atoms with E-state index < -0.39 is 0 Å². The van der Waals surface area contributed by atoms with Crippen molar-refractivity contribution < 1.29 is 4.79 Å². The van der Waals surface area contributed by atoms with E-state index in [1.54, 1.807) is 0 Å². The summed E-state index contributed by atoms with van der Waals surface area (Å²) in [7, 11) is 0. The van der Waals surface area contributed by atoms with Crippen LogP contribution in [0.15, 0.2) is 85.1 Å². The van der Waals surface area contributed by atoms with E-state index in [0.29, 0.717) is 19.6 Å². The fourth-order valence-corrected chi connectivity index (χ4v) is 5.78. The minimum Gasteiger partial charge on any atom is -0.361 e. The van der Waals surface area contributed by atoms with Crippen LogP contribution in [0.4, 0.5) is 0 Å². The molecule has 0 bridgehead atoms. The van der Waals surface area contributed by atoms with Crippen LogP contribution < -0.4 is 16.0 Å². The number of nitrogens with one attached hydrogen (secondary N) is 4. The van der Waals surface area contributed by atoms with Gasteiger partial charge in [-0.2, -0.15) is 0 Å². The van der Waals surface area contributed by atoms with Crippen LogP contribution in [0.3, 0.4) is 0 Å². The molecule has 3 heterocycles. The van der Waals surface area contributed by atoms with Gasteiger partial charge in [0.05, 0.1) is 18.6 Å². The van der Waals surface area contributed by atoms with Crippen LogP contribution >= 0.6 is 0 Å². The smallest absolute Gasteiger partial charge is 0.237 e. The number of carbonyl (C=O) groups is 1. The Balaban J connectivity index is 1.36. The molecule has 6 rings (SSSR count). The van der Waals surface area contributed by atoms with E-state index in [9.17, 15) is 4.79 Å².